The van der Waals surface area contributed by atoms with E-state index in [0.717, 1.165) is 0 Å². The minimum atomic E-state index is 0.0252. The van der Waals surface area contributed by atoms with Crippen molar-refractivity contribution < 1.29 is 0 Å². The number of piperazine rings is 1. The van der Waals surface area contributed by atoms with Crippen LogP contribution >= 0.6 is 0 Å². The number of rotatable bonds is 7. The Kier molecular flexibility index (Phi) is 6.95. The smallest absolute Gasteiger partial charge is 0.0215 e. The van der Waals surface area contributed by atoms with Crippen molar-refractivity contribution in [2.24, 2.45) is 5.92 Å². The van der Waals surface area contributed by atoms with Gasteiger partial charge in [0.1, 0.15) is 0 Å². The molecule has 2 aromatic rings. The first kappa shape index (κ1) is 21.1. The van der Waals surface area contributed by atoms with Gasteiger partial charge in [0.15, 0.2) is 0 Å². The van der Waals surface area contributed by atoms with Gasteiger partial charge >= 0.3 is 0 Å². The summed E-state index contributed by atoms with van der Waals surface area (Å²) in [5, 5.41) is 0. The number of aryl methyl sites for hydroxylation is 2. The van der Waals surface area contributed by atoms with Crippen LogP contribution < -0.4 is 0 Å². The highest BCUT2D eigenvalue weighted by Gasteiger charge is 2.38. The third-order valence-corrected chi connectivity index (χ3v) is 6.76. The molecular formula is C26H38N2. The molecule has 1 atom stereocenters. The van der Waals surface area contributed by atoms with Crippen LogP contribution in [0.3, 0.4) is 0 Å². The van der Waals surface area contributed by atoms with E-state index < -0.39 is 0 Å². The summed E-state index contributed by atoms with van der Waals surface area (Å²) in [5.41, 5.74) is 5.66. The minimum absolute atomic E-state index is 0.0252. The van der Waals surface area contributed by atoms with Gasteiger partial charge in [-0.15, -0.1) is 0 Å². The maximum Gasteiger partial charge on any atom is 0.0215 e. The average molecular weight is 379 g/mol. The topological polar surface area (TPSA) is 6.48 Å². The largest absolute Gasteiger partial charge is 0.304 e. The monoisotopic (exact) mass is 378 g/mol. The fraction of sp³-hybridized carbons (Fsp3) is 0.538. The third-order valence-electron chi connectivity index (χ3n) is 6.76. The third kappa shape index (κ3) is 4.67. The number of hydrogen-bond acceptors (Lipinski definition) is 2. The zero-order chi connectivity index (χ0) is 20.1. The lowest BCUT2D eigenvalue weighted by Crippen LogP contribution is -2.49. The van der Waals surface area contributed by atoms with Gasteiger partial charge in [-0.3, -0.25) is 0 Å². The molecule has 1 fully saturated rings. The lowest BCUT2D eigenvalue weighted by molar-refractivity contribution is 0.117. The Balaban J connectivity index is 2.02. The summed E-state index contributed by atoms with van der Waals surface area (Å²) in [6.07, 6.45) is 2.48. The van der Waals surface area contributed by atoms with Crippen LogP contribution in [0.5, 0.6) is 0 Å². The van der Waals surface area contributed by atoms with E-state index in [4.69, 9.17) is 0 Å². The van der Waals surface area contributed by atoms with E-state index in [-0.39, 0.29) is 5.41 Å². The maximum absolute atomic E-state index is 2.70. The molecule has 0 bridgehead atoms. The molecule has 2 nitrogen and oxygen atoms in total. The van der Waals surface area contributed by atoms with Crippen LogP contribution in [0, 0.1) is 19.8 Å². The zero-order valence-corrected chi connectivity index (χ0v) is 18.5. The van der Waals surface area contributed by atoms with Crippen molar-refractivity contribution in [3.63, 3.8) is 0 Å². The average Bonchev–Trinajstić information content (AvgIpc) is 2.68. The van der Waals surface area contributed by atoms with Crippen LogP contribution in [0.15, 0.2) is 48.5 Å². The Bertz CT molecular complexity index is 713. The molecule has 1 aliphatic rings. The highest BCUT2D eigenvalue weighted by atomic mass is 15.2. The molecule has 0 N–H and O–H groups in total. The molecule has 1 aliphatic heterocycles. The van der Waals surface area contributed by atoms with Crippen LogP contribution in [0.2, 0.25) is 0 Å². The molecule has 28 heavy (non-hydrogen) atoms. The molecule has 1 saturated heterocycles. The molecule has 2 aromatic carbocycles. The Hall–Kier alpha value is -1.64. The molecule has 0 saturated carbocycles. The van der Waals surface area contributed by atoms with Gasteiger partial charge < -0.3 is 9.80 Å². The van der Waals surface area contributed by atoms with Crippen LogP contribution in [0.4, 0.5) is 0 Å². The second kappa shape index (κ2) is 9.24. The van der Waals surface area contributed by atoms with Crippen molar-refractivity contribution >= 4 is 0 Å². The van der Waals surface area contributed by atoms with E-state index in [2.05, 4.69) is 93.1 Å². The Morgan fingerprint density at radius 1 is 0.893 bits per heavy atom. The van der Waals surface area contributed by atoms with Crippen molar-refractivity contribution in [1.29, 1.82) is 0 Å². The molecule has 1 unspecified atom stereocenters. The summed E-state index contributed by atoms with van der Waals surface area (Å²) in [6, 6.07) is 18.4. The second-order valence-electron chi connectivity index (χ2n) is 9.03. The maximum atomic E-state index is 2.70. The van der Waals surface area contributed by atoms with Crippen LogP contribution in [-0.2, 0) is 5.41 Å². The van der Waals surface area contributed by atoms with E-state index in [1.165, 1.54) is 67.8 Å². The molecule has 0 amide bonds. The van der Waals surface area contributed by atoms with Gasteiger partial charge in [-0.25, -0.2) is 0 Å². The summed E-state index contributed by atoms with van der Waals surface area (Å²) >= 11 is 0. The van der Waals surface area contributed by atoms with Crippen LogP contribution in [0.25, 0.3) is 0 Å². The van der Waals surface area contributed by atoms with Crippen molar-refractivity contribution in [3.8, 4) is 0 Å². The molecule has 0 aliphatic carbocycles. The van der Waals surface area contributed by atoms with Crippen LogP contribution in [0.1, 0.15) is 48.9 Å². The number of benzene rings is 2. The lowest BCUT2D eigenvalue weighted by atomic mass is 9.65. The first-order valence-electron chi connectivity index (χ1n) is 11.0. The lowest BCUT2D eigenvalue weighted by Gasteiger charge is -2.43. The molecule has 0 spiro atoms. The van der Waals surface area contributed by atoms with E-state index >= 15 is 0 Å². The van der Waals surface area contributed by atoms with Gasteiger partial charge in [-0.2, -0.15) is 0 Å². The summed E-state index contributed by atoms with van der Waals surface area (Å²) < 4.78 is 0. The molecule has 2 heteroatoms. The molecule has 1 heterocycles. The first-order chi connectivity index (χ1) is 13.4. The van der Waals surface area contributed by atoms with Gasteiger partial charge in [0, 0.05) is 38.1 Å². The van der Waals surface area contributed by atoms with Gasteiger partial charge in [0.05, 0.1) is 0 Å². The van der Waals surface area contributed by atoms with E-state index in [0.29, 0.717) is 5.92 Å². The zero-order valence-electron chi connectivity index (χ0n) is 18.5. The summed E-state index contributed by atoms with van der Waals surface area (Å²) in [5.74, 6) is 0.601. The predicted octanol–water partition coefficient (Wildman–Crippen LogP) is 5.27. The van der Waals surface area contributed by atoms with Crippen molar-refractivity contribution in [1.82, 2.24) is 9.80 Å². The summed E-state index contributed by atoms with van der Waals surface area (Å²) in [6.45, 7) is 15.2. The Morgan fingerprint density at radius 2 is 1.43 bits per heavy atom. The SMILES string of the molecule is CCCC(CN1CCN(C)CC1)C(C)(c1cccc(C)c1)c1cccc(C)c1. The predicted molar refractivity (Wildman–Crippen MR) is 121 cm³/mol. The molecule has 152 valence electrons. The highest BCUT2D eigenvalue weighted by molar-refractivity contribution is 5.42. The number of nitrogens with zero attached hydrogens (tertiary/aromatic N) is 2. The molecule has 3 rings (SSSR count). The fourth-order valence-electron chi connectivity index (χ4n) is 4.83. The quantitative estimate of drug-likeness (QED) is 0.647. The number of hydrogen-bond donors (Lipinski definition) is 0. The molecule has 0 radical (unpaired) electrons. The van der Waals surface area contributed by atoms with E-state index in [9.17, 15) is 0 Å². The summed E-state index contributed by atoms with van der Waals surface area (Å²) in [7, 11) is 2.24. The van der Waals surface area contributed by atoms with E-state index in [1.54, 1.807) is 0 Å². The second-order valence-corrected chi connectivity index (χ2v) is 9.03. The highest BCUT2D eigenvalue weighted by Crippen LogP contribution is 2.42. The summed E-state index contributed by atoms with van der Waals surface area (Å²) in [4.78, 5) is 5.15. The molecular weight excluding hydrogens is 340 g/mol. The first-order valence-corrected chi connectivity index (χ1v) is 11.0. The van der Waals surface area contributed by atoms with Gasteiger partial charge in [0.25, 0.3) is 0 Å². The number of likely N-dealkylation sites (N-methyl/N-ethyl adjacent to an activating group) is 1. The van der Waals surface area contributed by atoms with Gasteiger partial charge in [0.2, 0.25) is 0 Å². The Morgan fingerprint density at radius 3 is 1.89 bits per heavy atom. The van der Waals surface area contributed by atoms with Crippen molar-refractivity contribution in [2.45, 2.75) is 46.0 Å². The standard InChI is InChI=1S/C26H38N2/c1-6-9-25(20-28-16-14-27(5)15-17-28)26(4,23-12-7-10-21(2)18-23)24-13-8-11-22(3)19-24/h7-8,10-13,18-19,25H,6,9,14-17,20H2,1-5H3. The van der Waals surface area contributed by atoms with E-state index in [1.807, 2.05) is 0 Å². The molecule has 0 aromatic heterocycles. The van der Waals surface area contributed by atoms with Gasteiger partial charge in [-0.05, 0) is 44.4 Å². The Labute approximate surface area is 172 Å². The van der Waals surface area contributed by atoms with Crippen LogP contribution in [-0.4, -0.2) is 49.6 Å². The van der Waals surface area contributed by atoms with Crippen molar-refractivity contribution in [3.05, 3.63) is 70.8 Å². The normalized spacial score (nSPS) is 17.6. The van der Waals surface area contributed by atoms with Crippen molar-refractivity contribution in [2.75, 3.05) is 39.8 Å². The van der Waals surface area contributed by atoms with Gasteiger partial charge in [-0.1, -0.05) is 79.9 Å². The fourth-order valence-corrected chi connectivity index (χ4v) is 4.83. The minimum Gasteiger partial charge on any atom is -0.304 e.